The van der Waals surface area contributed by atoms with Crippen LogP contribution in [0.3, 0.4) is 0 Å². The number of aryl methyl sites for hydroxylation is 1. The van der Waals surface area contributed by atoms with Crippen LogP contribution in [0.5, 0.6) is 0 Å². The molecule has 10 heteroatoms. The molecule has 3 heterocycles. The number of benzene rings is 1. The molecule has 1 saturated heterocycles. The summed E-state index contributed by atoms with van der Waals surface area (Å²) in [6.45, 7) is 5.01. The average Bonchev–Trinajstić information content (AvgIpc) is 3.14. The first-order valence-electron chi connectivity index (χ1n) is 11.5. The fourth-order valence-electron chi connectivity index (χ4n) is 5.04. The van der Waals surface area contributed by atoms with Gasteiger partial charge >= 0.3 is 6.18 Å². The fraction of sp³-hybridized carbons (Fsp3) is 0.500. The number of halogens is 3. The van der Waals surface area contributed by atoms with Gasteiger partial charge in [0.15, 0.2) is 11.0 Å². The molecule has 2 fully saturated rings. The summed E-state index contributed by atoms with van der Waals surface area (Å²) < 4.78 is 40.4. The minimum absolute atomic E-state index is 0.250. The maximum atomic E-state index is 12.8. The Balaban J connectivity index is 1.09. The lowest BCUT2D eigenvalue weighted by Crippen LogP contribution is -2.23. The molecule has 0 radical (unpaired) electrons. The van der Waals surface area contributed by atoms with Gasteiger partial charge < -0.3 is 9.47 Å². The molecule has 0 unspecified atom stereocenters. The summed E-state index contributed by atoms with van der Waals surface area (Å²) in [6, 6.07) is 5.77. The summed E-state index contributed by atoms with van der Waals surface area (Å²) in [5.74, 6) is 2.04. The van der Waals surface area contributed by atoms with Crippen LogP contribution in [-0.4, -0.2) is 55.0 Å². The Morgan fingerprint density at radius 1 is 1.15 bits per heavy atom. The van der Waals surface area contributed by atoms with Crippen molar-refractivity contribution in [3.8, 4) is 11.5 Å². The molecule has 1 spiro atoms. The lowest BCUT2D eigenvalue weighted by molar-refractivity contribution is -0.137. The van der Waals surface area contributed by atoms with E-state index in [1.54, 1.807) is 36.3 Å². The maximum Gasteiger partial charge on any atom is 0.416 e. The Morgan fingerprint density at radius 3 is 2.68 bits per heavy atom. The van der Waals surface area contributed by atoms with Gasteiger partial charge in [-0.3, -0.25) is 4.98 Å². The smallest absolute Gasteiger partial charge is 0.304 e. The number of likely N-dealkylation sites (tertiary alicyclic amines) is 1. The van der Waals surface area contributed by atoms with Gasteiger partial charge in [0.2, 0.25) is 0 Å². The Bertz CT molecular complexity index is 1160. The number of rotatable bonds is 7. The van der Waals surface area contributed by atoms with E-state index in [2.05, 4.69) is 25.1 Å². The summed E-state index contributed by atoms with van der Waals surface area (Å²) in [5, 5.41) is 9.46. The summed E-state index contributed by atoms with van der Waals surface area (Å²) in [6.07, 6.45) is 2.38. The van der Waals surface area contributed by atoms with Crippen LogP contribution in [0.25, 0.3) is 11.5 Å². The predicted octanol–water partition coefficient (Wildman–Crippen LogP) is 4.96. The van der Waals surface area contributed by atoms with Gasteiger partial charge in [0.1, 0.15) is 5.69 Å². The predicted molar refractivity (Wildman–Crippen MR) is 124 cm³/mol. The fourth-order valence-corrected chi connectivity index (χ4v) is 5.87. The van der Waals surface area contributed by atoms with Gasteiger partial charge in [0.05, 0.1) is 17.5 Å². The Hall–Kier alpha value is -2.46. The summed E-state index contributed by atoms with van der Waals surface area (Å²) in [7, 11) is 1.94. The van der Waals surface area contributed by atoms with Gasteiger partial charge in [-0.2, -0.15) is 13.2 Å². The van der Waals surface area contributed by atoms with Crippen molar-refractivity contribution in [1.82, 2.24) is 29.6 Å². The molecule has 1 saturated carbocycles. The second kappa shape index (κ2) is 8.96. The molecule has 0 N–H and O–H groups in total. The lowest BCUT2D eigenvalue weighted by atomic mass is 9.97. The zero-order chi connectivity index (χ0) is 23.9. The van der Waals surface area contributed by atoms with Crippen molar-refractivity contribution in [2.24, 2.45) is 12.5 Å². The number of hydrogen-bond donors (Lipinski definition) is 0. The van der Waals surface area contributed by atoms with E-state index in [0.717, 1.165) is 66.8 Å². The molecule has 180 valence electrons. The second-order valence-corrected chi connectivity index (χ2v) is 10.4. The van der Waals surface area contributed by atoms with Crippen molar-refractivity contribution in [3.05, 3.63) is 53.5 Å². The Morgan fingerprint density at radius 2 is 1.94 bits per heavy atom. The van der Waals surface area contributed by atoms with Crippen molar-refractivity contribution in [2.45, 2.75) is 43.4 Å². The van der Waals surface area contributed by atoms with Crippen LogP contribution in [0.15, 0.2) is 41.8 Å². The van der Waals surface area contributed by atoms with Crippen LogP contribution in [-0.2, 0) is 13.2 Å². The molecule has 1 aliphatic heterocycles. The highest BCUT2D eigenvalue weighted by molar-refractivity contribution is 7.99. The minimum Gasteiger partial charge on any atom is -0.304 e. The van der Waals surface area contributed by atoms with Crippen LogP contribution in [0.2, 0.25) is 0 Å². The zero-order valence-electron chi connectivity index (χ0n) is 19.2. The molecule has 1 aromatic carbocycles. The molecule has 3 aromatic rings. The third-order valence-corrected chi connectivity index (χ3v) is 8.07. The maximum absolute atomic E-state index is 12.8. The molecule has 0 bridgehead atoms. The van der Waals surface area contributed by atoms with Gasteiger partial charge in [-0.1, -0.05) is 23.9 Å². The van der Waals surface area contributed by atoms with Crippen molar-refractivity contribution in [1.29, 1.82) is 0 Å². The Kier molecular flexibility index (Phi) is 6.14. The monoisotopic (exact) mass is 488 g/mol. The summed E-state index contributed by atoms with van der Waals surface area (Å²) >= 11 is 1.69. The molecule has 6 nitrogen and oxygen atoms in total. The molecule has 1 aliphatic carbocycles. The van der Waals surface area contributed by atoms with Gasteiger partial charge in [-0.05, 0) is 68.3 Å². The number of aromatic nitrogens is 5. The van der Waals surface area contributed by atoms with E-state index in [0.29, 0.717) is 11.7 Å². The third kappa shape index (κ3) is 4.70. The SMILES string of the molecule is Cc1cncc(-c2nnc(SCCCN3CC[C@]4(C[C@@H]4c4ccc(C(F)(F)F)cc4)C3)n2C)n1. The van der Waals surface area contributed by atoms with E-state index in [1.165, 1.54) is 12.1 Å². The molecule has 34 heavy (non-hydrogen) atoms. The lowest BCUT2D eigenvalue weighted by Gasteiger charge is -2.16. The van der Waals surface area contributed by atoms with Crippen LogP contribution in [0.4, 0.5) is 13.2 Å². The van der Waals surface area contributed by atoms with E-state index in [1.807, 2.05) is 18.5 Å². The van der Waals surface area contributed by atoms with Gasteiger partial charge in [0, 0.05) is 25.5 Å². The van der Waals surface area contributed by atoms with E-state index in [-0.39, 0.29) is 5.41 Å². The number of nitrogens with zero attached hydrogens (tertiary/aromatic N) is 6. The third-order valence-electron chi connectivity index (χ3n) is 6.96. The Labute approximate surface area is 201 Å². The van der Waals surface area contributed by atoms with Gasteiger partial charge in [-0.25, -0.2) is 4.98 Å². The molecule has 2 aliphatic rings. The quantitative estimate of drug-likeness (QED) is 0.346. The standard InChI is InChI=1S/C24H27F3N6S/c1-16-13-28-14-20(29-16)21-30-31-22(32(21)2)34-11-3-9-33-10-8-23(15-33)12-19(23)17-4-6-18(7-5-17)24(25,26)27/h4-7,13-14,19H,3,8-12,15H2,1-2H3/t19-,23+/m1/s1. The number of thioether (sulfide) groups is 1. The highest BCUT2D eigenvalue weighted by atomic mass is 32.2. The highest BCUT2D eigenvalue weighted by Crippen LogP contribution is 2.64. The van der Waals surface area contributed by atoms with Gasteiger partial charge in [-0.15, -0.1) is 10.2 Å². The summed E-state index contributed by atoms with van der Waals surface area (Å²) in [4.78, 5) is 11.2. The number of hydrogen-bond acceptors (Lipinski definition) is 6. The molecule has 2 atom stereocenters. The van der Waals surface area contributed by atoms with Crippen LogP contribution >= 0.6 is 11.8 Å². The molecular formula is C24H27F3N6S. The van der Waals surface area contributed by atoms with E-state index in [9.17, 15) is 13.2 Å². The van der Waals surface area contributed by atoms with Crippen LogP contribution in [0.1, 0.15) is 42.0 Å². The van der Waals surface area contributed by atoms with Gasteiger partial charge in [0.25, 0.3) is 0 Å². The number of alkyl halides is 3. The van der Waals surface area contributed by atoms with Crippen molar-refractivity contribution in [2.75, 3.05) is 25.4 Å². The van der Waals surface area contributed by atoms with Crippen LogP contribution < -0.4 is 0 Å². The largest absolute Gasteiger partial charge is 0.416 e. The normalized spacial score (nSPS) is 22.6. The van der Waals surface area contributed by atoms with E-state index >= 15 is 0 Å². The topological polar surface area (TPSA) is 59.7 Å². The summed E-state index contributed by atoms with van der Waals surface area (Å²) in [5.41, 5.74) is 2.28. The first-order valence-corrected chi connectivity index (χ1v) is 12.4. The molecular weight excluding hydrogens is 461 g/mol. The van der Waals surface area contributed by atoms with Crippen LogP contribution in [0, 0.1) is 12.3 Å². The van der Waals surface area contributed by atoms with Crippen molar-refractivity contribution in [3.63, 3.8) is 0 Å². The van der Waals surface area contributed by atoms with Crippen molar-refractivity contribution >= 4 is 11.8 Å². The second-order valence-electron chi connectivity index (χ2n) is 9.38. The highest BCUT2D eigenvalue weighted by Gasteiger charge is 2.57. The average molecular weight is 489 g/mol. The van der Waals surface area contributed by atoms with E-state index < -0.39 is 11.7 Å². The zero-order valence-corrected chi connectivity index (χ0v) is 20.0. The van der Waals surface area contributed by atoms with E-state index in [4.69, 9.17) is 0 Å². The first-order chi connectivity index (χ1) is 16.2. The minimum atomic E-state index is -4.27. The molecule has 0 amide bonds. The van der Waals surface area contributed by atoms with Crippen molar-refractivity contribution < 1.29 is 13.2 Å². The molecule has 5 rings (SSSR count). The molecule has 2 aromatic heterocycles. The first kappa shape index (κ1) is 23.3.